The van der Waals surface area contributed by atoms with Crippen LogP contribution in [0.25, 0.3) is 0 Å². The Balaban J connectivity index is 1.28. The maximum atomic E-state index is 12.4. The summed E-state index contributed by atoms with van der Waals surface area (Å²) in [5.41, 5.74) is 7.93. The van der Waals surface area contributed by atoms with E-state index in [1.807, 2.05) is 30.3 Å². The zero-order valence-corrected chi connectivity index (χ0v) is 22.2. The van der Waals surface area contributed by atoms with Crippen molar-refractivity contribution in [2.75, 3.05) is 62.0 Å². The minimum Gasteiger partial charge on any atom is -0.378 e. The second-order valence-corrected chi connectivity index (χ2v) is 9.21. The van der Waals surface area contributed by atoms with E-state index in [4.69, 9.17) is 15.2 Å². The van der Waals surface area contributed by atoms with E-state index >= 15 is 0 Å². The lowest BCUT2D eigenvalue weighted by atomic mass is 9.93. The monoisotopic (exact) mass is 534 g/mol. The molecule has 1 saturated carbocycles. The molecule has 6 N–H and O–H groups in total. The minimum absolute atomic E-state index is 0.165. The summed E-state index contributed by atoms with van der Waals surface area (Å²) in [6.07, 6.45) is 4.31. The van der Waals surface area contributed by atoms with E-state index in [0.717, 1.165) is 24.9 Å². The average molecular weight is 535 g/mol. The van der Waals surface area contributed by atoms with Crippen molar-refractivity contribution in [3.63, 3.8) is 0 Å². The zero-order valence-electron chi connectivity index (χ0n) is 22.2. The highest BCUT2D eigenvalue weighted by Crippen LogP contribution is 2.23. The molecule has 0 radical (unpaired) electrons. The molecular formula is C28H38N8O3. The van der Waals surface area contributed by atoms with Crippen LogP contribution in [0.5, 0.6) is 0 Å². The Bertz CT molecular complexity index is 1140. The van der Waals surface area contributed by atoms with Gasteiger partial charge in [0.25, 0.3) is 5.91 Å². The summed E-state index contributed by atoms with van der Waals surface area (Å²) in [7, 11) is 0. The van der Waals surface area contributed by atoms with Crippen molar-refractivity contribution in [3.05, 3.63) is 65.7 Å². The SMILES string of the molecule is NCCOCCOCCNC(=O)c1ccc(Nc2nc(NCCc3ccccc3)nc(NC3CCC3)n2)cc1. The summed E-state index contributed by atoms with van der Waals surface area (Å²) in [5, 5.41) is 12.8. The van der Waals surface area contributed by atoms with Gasteiger partial charge in [0.1, 0.15) is 0 Å². The van der Waals surface area contributed by atoms with E-state index in [2.05, 4.69) is 48.4 Å². The van der Waals surface area contributed by atoms with Gasteiger partial charge in [-0.3, -0.25) is 4.79 Å². The van der Waals surface area contributed by atoms with Crippen LogP contribution in [0.2, 0.25) is 0 Å². The van der Waals surface area contributed by atoms with Crippen molar-refractivity contribution in [2.45, 2.75) is 31.7 Å². The van der Waals surface area contributed by atoms with Crippen molar-refractivity contribution in [1.82, 2.24) is 20.3 Å². The first-order chi connectivity index (χ1) is 19.2. The van der Waals surface area contributed by atoms with Crippen molar-refractivity contribution in [2.24, 2.45) is 5.73 Å². The van der Waals surface area contributed by atoms with Crippen LogP contribution in [0.3, 0.4) is 0 Å². The van der Waals surface area contributed by atoms with E-state index in [1.54, 1.807) is 12.1 Å². The van der Waals surface area contributed by atoms with Crippen LogP contribution in [0, 0.1) is 0 Å². The molecule has 0 unspecified atom stereocenters. The number of hydrogen-bond acceptors (Lipinski definition) is 10. The number of amides is 1. The molecule has 1 amide bonds. The number of benzene rings is 2. The summed E-state index contributed by atoms with van der Waals surface area (Å²) in [6, 6.07) is 17.8. The molecule has 3 aromatic rings. The lowest BCUT2D eigenvalue weighted by Crippen LogP contribution is -2.28. The van der Waals surface area contributed by atoms with Crippen LogP contribution in [0.1, 0.15) is 35.2 Å². The van der Waals surface area contributed by atoms with Gasteiger partial charge in [-0.15, -0.1) is 0 Å². The molecule has 2 aromatic carbocycles. The van der Waals surface area contributed by atoms with Gasteiger partial charge in [0.2, 0.25) is 17.8 Å². The second kappa shape index (κ2) is 15.6. The average Bonchev–Trinajstić information content (AvgIpc) is 2.93. The first-order valence-corrected chi connectivity index (χ1v) is 13.5. The van der Waals surface area contributed by atoms with Crippen LogP contribution in [0.15, 0.2) is 54.6 Å². The van der Waals surface area contributed by atoms with Gasteiger partial charge in [-0.05, 0) is 55.5 Å². The molecule has 11 nitrogen and oxygen atoms in total. The number of nitrogens with zero attached hydrogens (tertiary/aromatic N) is 3. The fraction of sp³-hybridized carbons (Fsp3) is 0.429. The fourth-order valence-corrected chi connectivity index (χ4v) is 3.85. The van der Waals surface area contributed by atoms with Crippen LogP contribution in [0.4, 0.5) is 23.5 Å². The third kappa shape index (κ3) is 9.78. The highest BCUT2D eigenvalue weighted by molar-refractivity contribution is 5.94. The van der Waals surface area contributed by atoms with Crippen molar-refractivity contribution in [1.29, 1.82) is 0 Å². The van der Waals surface area contributed by atoms with Gasteiger partial charge in [0.15, 0.2) is 0 Å². The maximum absolute atomic E-state index is 12.4. The lowest BCUT2D eigenvalue weighted by molar-refractivity contribution is 0.0511. The Morgan fingerprint density at radius 1 is 0.846 bits per heavy atom. The Morgan fingerprint density at radius 3 is 2.28 bits per heavy atom. The van der Waals surface area contributed by atoms with E-state index in [1.165, 1.54) is 12.0 Å². The molecule has 39 heavy (non-hydrogen) atoms. The number of nitrogens with one attached hydrogen (secondary N) is 4. The van der Waals surface area contributed by atoms with Crippen LogP contribution >= 0.6 is 0 Å². The van der Waals surface area contributed by atoms with Gasteiger partial charge in [-0.25, -0.2) is 0 Å². The third-order valence-electron chi connectivity index (χ3n) is 6.18. The third-order valence-corrected chi connectivity index (χ3v) is 6.18. The molecule has 0 bridgehead atoms. The fourth-order valence-electron chi connectivity index (χ4n) is 3.85. The van der Waals surface area contributed by atoms with Crippen LogP contribution in [-0.2, 0) is 15.9 Å². The molecule has 1 fully saturated rings. The largest absolute Gasteiger partial charge is 0.378 e. The van der Waals surface area contributed by atoms with Gasteiger partial charge in [0, 0.05) is 36.9 Å². The molecule has 1 heterocycles. The normalized spacial score (nSPS) is 12.9. The number of carbonyl (C=O) groups is 1. The summed E-state index contributed by atoms with van der Waals surface area (Å²) >= 11 is 0. The summed E-state index contributed by atoms with van der Waals surface area (Å²) in [5.74, 6) is 1.32. The predicted octanol–water partition coefficient (Wildman–Crippen LogP) is 2.96. The molecule has 4 rings (SSSR count). The zero-order chi connectivity index (χ0) is 27.1. The molecule has 208 valence electrons. The Hall–Kier alpha value is -3.80. The second-order valence-electron chi connectivity index (χ2n) is 9.21. The lowest BCUT2D eigenvalue weighted by Gasteiger charge is -2.26. The molecule has 0 atom stereocenters. The highest BCUT2D eigenvalue weighted by atomic mass is 16.5. The first kappa shape index (κ1) is 28.2. The van der Waals surface area contributed by atoms with Crippen molar-refractivity contribution in [3.8, 4) is 0 Å². The summed E-state index contributed by atoms with van der Waals surface area (Å²) < 4.78 is 10.7. The molecule has 0 saturated heterocycles. The van der Waals surface area contributed by atoms with Crippen LogP contribution < -0.4 is 27.0 Å². The quantitative estimate of drug-likeness (QED) is 0.164. The number of ether oxygens (including phenoxy) is 2. The molecule has 1 aliphatic rings. The Morgan fingerprint density at radius 2 is 1.56 bits per heavy atom. The minimum atomic E-state index is -0.165. The van der Waals surface area contributed by atoms with Gasteiger partial charge < -0.3 is 36.5 Å². The molecule has 1 aliphatic carbocycles. The molecule has 1 aromatic heterocycles. The topological polar surface area (TPSA) is 148 Å². The Labute approximate surface area is 229 Å². The van der Waals surface area contributed by atoms with Gasteiger partial charge in [-0.2, -0.15) is 15.0 Å². The Kier molecular flexibility index (Phi) is 11.3. The number of rotatable bonds is 17. The molecule has 0 spiro atoms. The van der Waals surface area contributed by atoms with E-state index < -0.39 is 0 Å². The van der Waals surface area contributed by atoms with Gasteiger partial charge in [0.05, 0.1) is 26.4 Å². The molecular weight excluding hydrogens is 496 g/mol. The summed E-state index contributed by atoms with van der Waals surface area (Å²) in [6.45, 7) is 3.50. The standard InChI is InChI=1S/C28H38N8O3/c29-14-17-38-19-20-39-18-16-30-25(37)22-9-11-24(12-10-22)33-28-35-26(31-15-13-21-5-2-1-3-6-21)34-27(36-28)32-23-7-4-8-23/h1-3,5-6,9-12,23H,4,7-8,13-20,29H2,(H,30,37)(H3,31,32,33,34,35,36). The maximum Gasteiger partial charge on any atom is 0.251 e. The summed E-state index contributed by atoms with van der Waals surface area (Å²) in [4.78, 5) is 26.1. The van der Waals surface area contributed by atoms with E-state index in [9.17, 15) is 4.79 Å². The first-order valence-electron chi connectivity index (χ1n) is 13.5. The van der Waals surface area contributed by atoms with E-state index in [0.29, 0.717) is 75.5 Å². The smallest absolute Gasteiger partial charge is 0.251 e. The van der Waals surface area contributed by atoms with Crippen molar-refractivity contribution < 1.29 is 14.3 Å². The number of hydrogen-bond donors (Lipinski definition) is 5. The van der Waals surface area contributed by atoms with Crippen LogP contribution in [-0.4, -0.2) is 73.0 Å². The van der Waals surface area contributed by atoms with Gasteiger partial charge in [-0.1, -0.05) is 30.3 Å². The number of nitrogens with two attached hydrogens (primary N) is 1. The predicted molar refractivity (Wildman–Crippen MR) is 152 cm³/mol. The molecule has 11 heteroatoms. The number of aromatic nitrogens is 3. The molecule has 0 aliphatic heterocycles. The van der Waals surface area contributed by atoms with E-state index in [-0.39, 0.29) is 5.91 Å². The number of carbonyl (C=O) groups excluding carboxylic acids is 1. The highest BCUT2D eigenvalue weighted by Gasteiger charge is 2.19. The number of anilines is 4. The van der Waals surface area contributed by atoms with Gasteiger partial charge >= 0.3 is 0 Å². The van der Waals surface area contributed by atoms with Crippen molar-refractivity contribution >= 4 is 29.4 Å².